The van der Waals surface area contributed by atoms with Gasteiger partial charge < -0.3 is 19.8 Å². The maximum atomic E-state index is 12.4. The van der Waals surface area contributed by atoms with Gasteiger partial charge in [-0.05, 0) is 18.2 Å². The fourth-order valence-electron chi connectivity index (χ4n) is 2.09. The molecule has 0 aliphatic carbocycles. The van der Waals surface area contributed by atoms with E-state index in [1.165, 1.54) is 12.5 Å². The number of hydrogen-bond donors (Lipinski definition) is 2. The lowest BCUT2D eigenvalue weighted by Gasteiger charge is -2.20. The van der Waals surface area contributed by atoms with Crippen molar-refractivity contribution in [3.8, 4) is 5.75 Å². The Morgan fingerprint density at radius 3 is 2.86 bits per heavy atom. The van der Waals surface area contributed by atoms with Crippen LogP contribution in [0.4, 0.5) is 13.2 Å². The van der Waals surface area contributed by atoms with E-state index >= 15 is 0 Å². The van der Waals surface area contributed by atoms with Gasteiger partial charge >= 0.3 is 12.1 Å². The minimum absolute atomic E-state index is 0.309. The highest BCUT2D eigenvalue weighted by atomic mass is 19.4. The number of esters is 1. The number of aromatic amines is 1. The van der Waals surface area contributed by atoms with Crippen LogP contribution < -0.4 is 10.1 Å². The summed E-state index contributed by atoms with van der Waals surface area (Å²) in [6.45, 7) is 0. The minimum atomic E-state index is -5.06. The molecule has 2 heterocycles. The molecule has 8 heteroatoms. The second-order valence-electron chi connectivity index (χ2n) is 4.29. The molecule has 1 aliphatic rings. The summed E-state index contributed by atoms with van der Waals surface area (Å²) in [7, 11) is 0. The van der Waals surface area contributed by atoms with Crippen LogP contribution in [0.5, 0.6) is 5.75 Å². The molecule has 0 saturated carbocycles. The molecule has 21 heavy (non-hydrogen) atoms. The van der Waals surface area contributed by atoms with E-state index in [1.807, 2.05) is 0 Å². The summed E-state index contributed by atoms with van der Waals surface area (Å²) in [6, 6.07) is 4.97. The van der Waals surface area contributed by atoms with Crippen LogP contribution in [0.1, 0.15) is 11.8 Å². The second kappa shape index (κ2) is 4.72. The van der Waals surface area contributed by atoms with E-state index in [0.29, 0.717) is 22.2 Å². The van der Waals surface area contributed by atoms with Crippen molar-refractivity contribution in [2.45, 2.75) is 12.4 Å². The highest BCUT2D eigenvalue weighted by Crippen LogP contribution is 2.36. The summed E-state index contributed by atoms with van der Waals surface area (Å²) < 4.78 is 46.9. The molecule has 1 aromatic carbocycles. The zero-order valence-corrected chi connectivity index (χ0v) is 10.4. The number of ether oxygens (including phenoxy) is 2. The summed E-state index contributed by atoms with van der Waals surface area (Å²) in [6.07, 6.45) is -2.20. The summed E-state index contributed by atoms with van der Waals surface area (Å²) in [5.41, 5.74) is 1.01. The average Bonchev–Trinajstić information content (AvgIpc) is 2.80. The maximum absolute atomic E-state index is 12.4. The number of hydrogen-bond acceptors (Lipinski definition) is 4. The van der Waals surface area contributed by atoms with Crippen molar-refractivity contribution in [2.75, 3.05) is 0 Å². The van der Waals surface area contributed by atoms with Crippen LogP contribution in [0.25, 0.3) is 10.9 Å². The molecule has 110 valence electrons. The van der Waals surface area contributed by atoms with E-state index in [0.717, 1.165) is 0 Å². The van der Waals surface area contributed by atoms with Gasteiger partial charge in [-0.2, -0.15) is 13.2 Å². The normalized spacial score (nSPS) is 17.6. The number of fused-ring (bicyclic) bond motifs is 3. The largest absolute Gasteiger partial charge is 0.491 e. The number of nitrogens with one attached hydrogen (secondary N) is 2. The molecular formula is C13H9F3N2O3. The van der Waals surface area contributed by atoms with Crippen molar-refractivity contribution in [1.82, 2.24) is 10.3 Å². The van der Waals surface area contributed by atoms with E-state index in [4.69, 9.17) is 4.74 Å². The van der Waals surface area contributed by atoms with Crippen LogP contribution in [0.3, 0.4) is 0 Å². The molecule has 0 amide bonds. The summed E-state index contributed by atoms with van der Waals surface area (Å²) in [5, 5.41) is 3.16. The van der Waals surface area contributed by atoms with E-state index in [9.17, 15) is 18.0 Å². The van der Waals surface area contributed by atoms with E-state index in [-0.39, 0.29) is 0 Å². The lowest BCUT2D eigenvalue weighted by Crippen LogP contribution is -2.31. The Hall–Kier alpha value is -2.64. The first-order chi connectivity index (χ1) is 9.97. The number of halogens is 3. The van der Waals surface area contributed by atoms with Crippen LogP contribution >= 0.6 is 0 Å². The molecule has 2 aromatic rings. The zero-order chi connectivity index (χ0) is 15.0. The van der Waals surface area contributed by atoms with Gasteiger partial charge in [0.2, 0.25) is 6.23 Å². The lowest BCUT2D eigenvalue weighted by molar-refractivity contribution is -0.206. The van der Waals surface area contributed by atoms with Gasteiger partial charge in [0.1, 0.15) is 12.0 Å². The Labute approximate surface area is 116 Å². The molecule has 0 bridgehead atoms. The van der Waals surface area contributed by atoms with Crippen molar-refractivity contribution >= 4 is 16.9 Å². The summed E-state index contributed by atoms with van der Waals surface area (Å²) in [5.74, 6) is -1.96. The fraction of sp³-hybridized carbons (Fsp3) is 0.154. The molecule has 0 radical (unpaired) electrons. The van der Waals surface area contributed by atoms with Crippen molar-refractivity contribution in [3.05, 3.63) is 42.4 Å². The molecule has 3 rings (SSSR count). The van der Waals surface area contributed by atoms with Crippen molar-refractivity contribution in [2.24, 2.45) is 0 Å². The third kappa shape index (κ3) is 2.39. The molecule has 1 atom stereocenters. The van der Waals surface area contributed by atoms with Crippen LogP contribution in [0, 0.1) is 0 Å². The molecule has 1 aliphatic heterocycles. The third-order valence-corrected chi connectivity index (χ3v) is 2.97. The predicted molar refractivity (Wildman–Crippen MR) is 66.1 cm³/mol. The van der Waals surface area contributed by atoms with E-state index in [1.54, 1.807) is 24.4 Å². The van der Waals surface area contributed by atoms with Gasteiger partial charge in [-0.3, -0.25) is 0 Å². The van der Waals surface area contributed by atoms with Gasteiger partial charge in [0.05, 0.1) is 5.56 Å². The fourth-order valence-corrected chi connectivity index (χ4v) is 2.09. The van der Waals surface area contributed by atoms with Crippen molar-refractivity contribution in [3.63, 3.8) is 0 Å². The van der Waals surface area contributed by atoms with Gasteiger partial charge in [0, 0.05) is 23.3 Å². The summed E-state index contributed by atoms with van der Waals surface area (Å²) >= 11 is 0. The molecule has 0 spiro atoms. The first-order valence-electron chi connectivity index (χ1n) is 5.92. The molecule has 2 N–H and O–H groups in total. The molecule has 0 saturated heterocycles. The second-order valence-corrected chi connectivity index (χ2v) is 4.29. The lowest BCUT2D eigenvalue weighted by atomic mass is 10.1. The molecule has 5 nitrogen and oxygen atoms in total. The first kappa shape index (κ1) is 13.3. The number of rotatable bonds is 1. The molecule has 0 fully saturated rings. The van der Waals surface area contributed by atoms with Gasteiger partial charge in [0.15, 0.2) is 0 Å². The smallest absolute Gasteiger partial charge is 0.463 e. The maximum Gasteiger partial charge on any atom is 0.491 e. The number of benzene rings is 1. The predicted octanol–water partition coefficient (Wildman–Crippen LogP) is 2.73. The Morgan fingerprint density at radius 1 is 1.29 bits per heavy atom. The number of aromatic nitrogens is 1. The van der Waals surface area contributed by atoms with Gasteiger partial charge in [0.25, 0.3) is 0 Å². The molecule has 1 unspecified atom stereocenters. The van der Waals surface area contributed by atoms with Gasteiger partial charge in [-0.15, -0.1) is 0 Å². The Kier molecular flexibility index (Phi) is 3.00. The minimum Gasteiger partial charge on any atom is -0.463 e. The van der Waals surface area contributed by atoms with Crippen LogP contribution in [-0.4, -0.2) is 17.1 Å². The van der Waals surface area contributed by atoms with E-state index < -0.39 is 18.4 Å². The highest BCUT2D eigenvalue weighted by molar-refractivity contribution is 5.86. The highest BCUT2D eigenvalue weighted by Gasteiger charge is 2.43. The van der Waals surface area contributed by atoms with Gasteiger partial charge in [-0.1, -0.05) is 0 Å². The third-order valence-electron chi connectivity index (χ3n) is 2.97. The number of H-pyrrole nitrogens is 1. The topological polar surface area (TPSA) is 63.4 Å². The van der Waals surface area contributed by atoms with E-state index in [2.05, 4.69) is 15.0 Å². The average molecular weight is 298 g/mol. The Morgan fingerprint density at radius 2 is 2.10 bits per heavy atom. The monoisotopic (exact) mass is 298 g/mol. The SMILES string of the molecule is O=C(OC1NC=COc2ccc3[nH]ccc3c21)C(F)(F)F. The Balaban J connectivity index is 2.05. The number of carbonyl (C=O) groups excluding carboxylic acids is 1. The van der Waals surface area contributed by atoms with Crippen LogP contribution in [0.15, 0.2) is 36.9 Å². The van der Waals surface area contributed by atoms with Gasteiger partial charge in [-0.25, -0.2) is 4.79 Å². The molecule has 1 aromatic heterocycles. The van der Waals surface area contributed by atoms with Crippen molar-refractivity contribution in [1.29, 1.82) is 0 Å². The zero-order valence-electron chi connectivity index (χ0n) is 10.4. The first-order valence-corrected chi connectivity index (χ1v) is 5.92. The van der Waals surface area contributed by atoms with Crippen molar-refractivity contribution < 1.29 is 27.4 Å². The molecular weight excluding hydrogens is 289 g/mol. The standard InChI is InChI=1S/C13H9F3N2O3/c14-13(15,16)12(19)21-11-10-7-3-4-17-8(7)1-2-9(10)20-6-5-18-11/h1-6,11,17-18H. The summed E-state index contributed by atoms with van der Waals surface area (Å²) in [4.78, 5) is 14.0. The number of carbonyl (C=O) groups is 1. The van der Waals surface area contributed by atoms with Crippen LogP contribution in [0.2, 0.25) is 0 Å². The quantitative estimate of drug-likeness (QED) is 0.795. The van der Waals surface area contributed by atoms with Crippen LogP contribution in [-0.2, 0) is 9.53 Å². The Bertz CT molecular complexity index is 721. The number of alkyl halides is 3.